The van der Waals surface area contributed by atoms with Crippen LogP contribution < -0.4 is 0 Å². The lowest BCUT2D eigenvalue weighted by atomic mass is 10.0. The molecule has 0 N–H and O–H groups in total. The van der Waals surface area contributed by atoms with Crippen molar-refractivity contribution in [2.24, 2.45) is 0 Å². The average molecular weight is 355 g/mol. The molecule has 2 heteroatoms. The predicted molar refractivity (Wildman–Crippen MR) is 111 cm³/mol. The highest BCUT2D eigenvalue weighted by atomic mass is 31.2. The van der Waals surface area contributed by atoms with E-state index >= 15 is 0 Å². The third kappa shape index (κ3) is 12.3. The first-order valence-electron chi connectivity index (χ1n) is 11.0. The van der Waals surface area contributed by atoms with Gasteiger partial charge in [0, 0.05) is 18.5 Å². The Bertz CT molecular complexity index is 336. The summed E-state index contributed by atoms with van der Waals surface area (Å²) in [6, 6.07) is 0. The first kappa shape index (κ1) is 22.0. The second-order valence-electron chi connectivity index (χ2n) is 7.92. The summed E-state index contributed by atoms with van der Waals surface area (Å²) in [7, 11) is -1.77. The zero-order valence-corrected chi connectivity index (χ0v) is 17.3. The van der Waals surface area contributed by atoms with E-state index in [1.165, 1.54) is 103 Å². The summed E-state index contributed by atoms with van der Waals surface area (Å²) >= 11 is 0. The Kier molecular flexibility index (Phi) is 14.0. The van der Waals surface area contributed by atoms with E-state index in [1.807, 2.05) is 0 Å². The van der Waals surface area contributed by atoms with Crippen molar-refractivity contribution < 1.29 is 4.57 Å². The van der Waals surface area contributed by atoms with E-state index in [4.69, 9.17) is 0 Å². The highest BCUT2D eigenvalue weighted by Gasteiger charge is 2.21. The molecule has 24 heavy (non-hydrogen) atoms. The van der Waals surface area contributed by atoms with Gasteiger partial charge in [-0.15, -0.1) is 0 Å². The molecule has 1 heterocycles. The summed E-state index contributed by atoms with van der Waals surface area (Å²) in [6.45, 7) is 2.29. The molecule has 0 amide bonds. The fourth-order valence-electron chi connectivity index (χ4n) is 3.74. The van der Waals surface area contributed by atoms with Crippen LogP contribution in [-0.4, -0.2) is 18.5 Å². The van der Waals surface area contributed by atoms with Crippen LogP contribution in [-0.2, 0) is 4.57 Å². The van der Waals surface area contributed by atoms with Crippen molar-refractivity contribution in [2.75, 3.05) is 18.5 Å². The molecule has 1 aliphatic heterocycles. The van der Waals surface area contributed by atoms with Gasteiger partial charge in [-0.2, -0.15) is 0 Å². The van der Waals surface area contributed by atoms with E-state index in [2.05, 4.69) is 19.1 Å². The summed E-state index contributed by atoms with van der Waals surface area (Å²) in [5, 5.41) is 0. The molecule has 0 aromatic carbocycles. The summed E-state index contributed by atoms with van der Waals surface area (Å²) < 4.78 is 12.3. The van der Waals surface area contributed by atoms with Gasteiger partial charge in [-0.05, 0) is 6.42 Å². The zero-order chi connectivity index (χ0) is 17.3. The fraction of sp³-hybridized carbons (Fsp3) is 0.909. The molecule has 1 nitrogen and oxygen atoms in total. The summed E-state index contributed by atoms with van der Waals surface area (Å²) in [6.07, 6.45) is 29.5. The van der Waals surface area contributed by atoms with Crippen LogP contribution in [0.2, 0.25) is 0 Å². The molecular formula is C22H43OP. The summed E-state index contributed by atoms with van der Waals surface area (Å²) in [4.78, 5) is 0. The standard InChI is InChI=1S/C22H43OP/c1-2-3-4-5-6-7-8-9-10-11-12-13-14-15-16-17-20-24(23)21-18-19-22-24/h18-19H,2-17,20-22H2,1H3. The van der Waals surface area contributed by atoms with Gasteiger partial charge in [0.25, 0.3) is 0 Å². The quantitative estimate of drug-likeness (QED) is 0.146. The van der Waals surface area contributed by atoms with Gasteiger partial charge in [-0.25, -0.2) is 0 Å². The van der Waals surface area contributed by atoms with Crippen molar-refractivity contribution in [1.29, 1.82) is 0 Å². The van der Waals surface area contributed by atoms with Crippen LogP contribution in [0, 0.1) is 0 Å². The lowest BCUT2D eigenvalue weighted by Gasteiger charge is -2.10. The smallest absolute Gasteiger partial charge is 0.0949 e. The second-order valence-corrected chi connectivity index (χ2v) is 11.2. The van der Waals surface area contributed by atoms with E-state index < -0.39 is 7.14 Å². The van der Waals surface area contributed by atoms with Crippen molar-refractivity contribution in [2.45, 2.75) is 110 Å². The Morgan fingerprint density at radius 1 is 0.583 bits per heavy atom. The number of unbranched alkanes of at least 4 members (excludes halogenated alkanes) is 15. The first-order valence-corrected chi connectivity index (χ1v) is 13.3. The minimum atomic E-state index is -1.77. The largest absolute Gasteiger partial charge is 0.323 e. The SMILES string of the molecule is CCCCCCCCCCCCCCCCCCP1(=O)CC=CC1. The molecule has 0 bridgehead atoms. The molecule has 0 spiro atoms. The highest BCUT2D eigenvalue weighted by Crippen LogP contribution is 2.49. The fourth-order valence-corrected chi connectivity index (χ4v) is 6.12. The Morgan fingerprint density at radius 2 is 0.917 bits per heavy atom. The van der Waals surface area contributed by atoms with Gasteiger partial charge in [-0.3, -0.25) is 0 Å². The molecular weight excluding hydrogens is 311 g/mol. The third-order valence-electron chi connectivity index (χ3n) is 5.46. The molecule has 0 atom stereocenters. The molecule has 0 aromatic heterocycles. The van der Waals surface area contributed by atoms with Gasteiger partial charge in [-0.1, -0.05) is 115 Å². The van der Waals surface area contributed by atoms with Gasteiger partial charge in [0.1, 0.15) is 0 Å². The summed E-state index contributed by atoms with van der Waals surface area (Å²) in [5.74, 6) is 0. The lowest BCUT2D eigenvalue weighted by molar-refractivity contribution is 0.531. The van der Waals surface area contributed by atoms with Gasteiger partial charge in [0.2, 0.25) is 0 Å². The maximum Gasteiger partial charge on any atom is 0.0949 e. The number of hydrogen-bond donors (Lipinski definition) is 0. The average Bonchev–Trinajstić information content (AvgIpc) is 3.01. The minimum Gasteiger partial charge on any atom is -0.323 e. The van der Waals surface area contributed by atoms with E-state index in [1.54, 1.807) is 0 Å². The molecule has 0 aliphatic carbocycles. The van der Waals surface area contributed by atoms with Gasteiger partial charge >= 0.3 is 0 Å². The minimum absolute atomic E-state index is 0.881. The zero-order valence-electron chi connectivity index (χ0n) is 16.4. The van der Waals surface area contributed by atoms with Crippen LogP contribution >= 0.6 is 7.14 Å². The van der Waals surface area contributed by atoms with Crippen LogP contribution in [0.15, 0.2) is 12.2 Å². The number of rotatable bonds is 17. The van der Waals surface area contributed by atoms with Gasteiger partial charge in [0.05, 0.1) is 7.14 Å². The Hall–Kier alpha value is -0.0300. The molecule has 0 radical (unpaired) electrons. The first-order chi connectivity index (χ1) is 11.8. The van der Waals surface area contributed by atoms with Crippen molar-refractivity contribution in [1.82, 2.24) is 0 Å². The highest BCUT2D eigenvalue weighted by molar-refractivity contribution is 7.64. The van der Waals surface area contributed by atoms with Gasteiger partial charge in [0.15, 0.2) is 0 Å². The molecule has 1 rings (SSSR count). The Labute approximate surface area is 152 Å². The van der Waals surface area contributed by atoms with Crippen LogP contribution in [0.4, 0.5) is 0 Å². The van der Waals surface area contributed by atoms with Crippen molar-refractivity contribution in [3.63, 3.8) is 0 Å². The Balaban J connectivity index is 1.70. The van der Waals surface area contributed by atoms with Crippen LogP contribution in [0.1, 0.15) is 110 Å². The van der Waals surface area contributed by atoms with Crippen molar-refractivity contribution >= 4 is 7.14 Å². The van der Waals surface area contributed by atoms with E-state index in [-0.39, 0.29) is 0 Å². The molecule has 0 saturated carbocycles. The molecule has 0 fully saturated rings. The number of allylic oxidation sites excluding steroid dienone is 2. The number of hydrogen-bond acceptors (Lipinski definition) is 1. The van der Waals surface area contributed by atoms with Crippen LogP contribution in [0.3, 0.4) is 0 Å². The van der Waals surface area contributed by atoms with Crippen LogP contribution in [0.25, 0.3) is 0 Å². The van der Waals surface area contributed by atoms with Gasteiger partial charge < -0.3 is 4.57 Å². The lowest BCUT2D eigenvalue weighted by Crippen LogP contribution is -1.93. The molecule has 142 valence electrons. The maximum absolute atomic E-state index is 12.3. The monoisotopic (exact) mass is 354 g/mol. The maximum atomic E-state index is 12.3. The normalized spacial score (nSPS) is 16.0. The molecule has 0 aromatic rings. The summed E-state index contributed by atoms with van der Waals surface area (Å²) in [5.41, 5.74) is 0. The second kappa shape index (κ2) is 15.2. The topological polar surface area (TPSA) is 17.1 Å². The third-order valence-corrected chi connectivity index (χ3v) is 8.35. The van der Waals surface area contributed by atoms with E-state index in [0.717, 1.165) is 18.5 Å². The molecule has 1 aliphatic rings. The molecule has 0 saturated heterocycles. The van der Waals surface area contributed by atoms with Crippen LogP contribution in [0.5, 0.6) is 0 Å². The van der Waals surface area contributed by atoms with Crippen molar-refractivity contribution in [3.8, 4) is 0 Å². The van der Waals surface area contributed by atoms with E-state index in [0.29, 0.717) is 0 Å². The predicted octanol–water partition coefficient (Wildman–Crippen LogP) is 8.18. The van der Waals surface area contributed by atoms with E-state index in [9.17, 15) is 4.57 Å². The molecule has 0 unspecified atom stereocenters. The van der Waals surface area contributed by atoms with Crippen molar-refractivity contribution in [3.05, 3.63) is 12.2 Å². The Morgan fingerprint density at radius 3 is 1.29 bits per heavy atom.